The van der Waals surface area contributed by atoms with E-state index in [1.54, 1.807) is 37.3 Å². The van der Waals surface area contributed by atoms with E-state index in [1.165, 1.54) is 0 Å². The highest BCUT2D eigenvalue weighted by Gasteiger charge is 2.29. The Balaban J connectivity index is 1.86. The van der Waals surface area contributed by atoms with Crippen LogP contribution in [0.3, 0.4) is 0 Å². The maximum absolute atomic E-state index is 13.1. The quantitative estimate of drug-likeness (QED) is 0.835. The van der Waals surface area contributed by atoms with Gasteiger partial charge in [-0.25, -0.2) is 0 Å². The summed E-state index contributed by atoms with van der Waals surface area (Å²) in [6.45, 7) is 1.41. The predicted octanol–water partition coefficient (Wildman–Crippen LogP) is 3.57. The minimum Gasteiger partial charge on any atom is -0.496 e. The van der Waals surface area contributed by atoms with E-state index in [0.29, 0.717) is 41.8 Å². The Hall–Kier alpha value is -2.24. The lowest BCUT2D eigenvalue weighted by Crippen LogP contribution is -2.42. The first kappa shape index (κ1) is 17.6. The highest BCUT2D eigenvalue weighted by Crippen LogP contribution is 2.32. The van der Waals surface area contributed by atoms with Crippen LogP contribution in [0.5, 0.6) is 11.5 Å². The first-order chi connectivity index (χ1) is 12.1. The largest absolute Gasteiger partial charge is 0.496 e. The number of carbonyl (C=O) groups excluding carboxylic acids is 1. The molecule has 0 radical (unpaired) electrons. The van der Waals surface area contributed by atoms with Crippen molar-refractivity contribution in [3.8, 4) is 11.5 Å². The molecular formula is C19H20ClNO4. The Morgan fingerprint density at radius 1 is 1.16 bits per heavy atom. The molecular weight excluding hydrogens is 342 g/mol. The number of amides is 1. The zero-order valence-electron chi connectivity index (χ0n) is 14.2. The lowest BCUT2D eigenvalue weighted by Gasteiger charge is -2.33. The van der Waals surface area contributed by atoms with Gasteiger partial charge in [-0.2, -0.15) is 0 Å². The van der Waals surface area contributed by atoms with E-state index in [1.807, 2.05) is 24.3 Å². The highest BCUT2D eigenvalue weighted by molar-refractivity contribution is 6.30. The molecule has 1 saturated heterocycles. The zero-order chi connectivity index (χ0) is 17.8. The standard InChI is InChI=1S/C19H20ClNO4/c1-23-15-7-4-8-16(24-2)18(15)19(22)21-9-10-25-17(12-21)13-5-3-6-14(20)11-13/h3-8,11,17H,9-10,12H2,1-2H3. The molecule has 1 atom stereocenters. The fourth-order valence-electron chi connectivity index (χ4n) is 2.96. The molecule has 2 aromatic rings. The van der Waals surface area contributed by atoms with Gasteiger partial charge in [0.2, 0.25) is 0 Å². The molecule has 0 bridgehead atoms. The number of methoxy groups -OCH3 is 2. The van der Waals surface area contributed by atoms with Crippen LogP contribution in [0, 0.1) is 0 Å². The lowest BCUT2D eigenvalue weighted by molar-refractivity contribution is -0.0230. The van der Waals surface area contributed by atoms with Gasteiger partial charge in [0, 0.05) is 11.6 Å². The Morgan fingerprint density at radius 2 is 1.84 bits per heavy atom. The number of benzene rings is 2. The fraction of sp³-hybridized carbons (Fsp3) is 0.316. The monoisotopic (exact) mass is 361 g/mol. The van der Waals surface area contributed by atoms with Gasteiger partial charge < -0.3 is 19.1 Å². The molecule has 3 rings (SSSR count). The van der Waals surface area contributed by atoms with Crippen LogP contribution in [0.25, 0.3) is 0 Å². The third-order valence-electron chi connectivity index (χ3n) is 4.22. The van der Waals surface area contributed by atoms with Crippen molar-refractivity contribution in [3.63, 3.8) is 0 Å². The predicted molar refractivity (Wildman–Crippen MR) is 95.6 cm³/mol. The van der Waals surface area contributed by atoms with E-state index >= 15 is 0 Å². The second-order valence-electron chi connectivity index (χ2n) is 5.70. The van der Waals surface area contributed by atoms with Crippen LogP contribution in [0.15, 0.2) is 42.5 Å². The van der Waals surface area contributed by atoms with Gasteiger partial charge in [-0.05, 0) is 29.8 Å². The number of hydrogen-bond donors (Lipinski definition) is 0. The van der Waals surface area contributed by atoms with Crippen LogP contribution < -0.4 is 9.47 Å². The Bertz CT molecular complexity index is 743. The van der Waals surface area contributed by atoms with E-state index < -0.39 is 0 Å². The highest BCUT2D eigenvalue weighted by atomic mass is 35.5. The first-order valence-electron chi connectivity index (χ1n) is 8.01. The Morgan fingerprint density at radius 3 is 2.48 bits per heavy atom. The number of rotatable bonds is 4. The molecule has 1 aliphatic heterocycles. The van der Waals surface area contributed by atoms with Crippen molar-refractivity contribution in [3.05, 3.63) is 58.6 Å². The molecule has 0 spiro atoms. The minimum absolute atomic E-state index is 0.135. The van der Waals surface area contributed by atoms with Crippen molar-refractivity contribution in [2.75, 3.05) is 33.9 Å². The number of ether oxygens (including phenoxy) is 3. The topological polar surface area (TPSA) is 48.0 Å². The van der Waals surface area contributed by atoms with Crippen LogP contribution in [-0.2, 0) is 4.74 Å². The van der Waals surface area contributed by atoms with Crippen LogP contribution in [0.1, 0.15) is 22.0 Å². The van der Waals surface area contributed by atoms with E-state index in [4.69, 9.17) is 25.8 Å². The number of carbonyl (C=O) groups is 1. The van der Waals surface area contributed by atoms with Crippen molar-refractivity contribution in [2.45, 2.75) is 6.10 Å². The molecule has 2 aromatic carbocycles. The smallest absolute Gasteiger partial charge is 0.261 e. The molecule has 6 heteroatoms. The third kappa shape index (κ3) is 3.72. The summed E-state index contributed by atoms with van der Waals surface area (Å²) >= 11 is 6.07. The van der Waals surface area contributed by atoms with Gasteiger partial charge in [0.25, 0.3) is 5.91 Å². The molecule has 1 unspecified atom stereocenters. The molecule has 132 valence electrons. The molecule has 0 saturated carbocycles. The van der Waals surface area contributed by atoms with Gasteiger partial charge in [-0.3, -0.25) is 4.79 Å². The van der Waals surface area contributed by atoms with Crippen LogP contribution in [0.4, 0.5) is 0 Å². The van der Waals surface area contributed by atoms with Gasteiger partial charge in [0.1, 0.15) is 23.2 Å². The van der Waals surface area contributed by atoms with Crippen LogP contribution in [-0.4, -0.2) is 44.7 Å². The van der Waals surface area contributed by atoms with Crippen LogP contribution in [0.2, 0.25) is 5.02 Å². The van der Waals surface area contributed by atoms with Crippen molar-refractivity contribution >= 4 is 17.5 Å². The molecule has 5 nitrogen and oxygen atoms in total. The third-order valence-corrected chi connectivity index (χ3v) is 4.45. The first-order valence-corrected chi connectivity index (χ1v) is 8.39. The van der Waals surface area contributed by atoms with Gasteiger partial charge >= 0.3 is 0 Å². The summed E-state index contributed by atoms with van der Waals surface area (Å²) in [5.74, 6) is 0.856. The Kier molecular flexibility index (Phi) is 5.46. The molecule has 1 heterocycles. The summed E-state index contributed by atoms with van der Waals surface area (Å²) < 4.78 is 16.5. The summed E-state index contributed by atoms with van der Waals surface area (Å²) in [7, 11) is 3.08. The minimum atomic E-state index is -0.211. The van der Waals surface area contributed by atoms with E-state index in [2.05, 4.69) is 0 Å². The van der Waals surface area contributed by atoms with Crippen molar-refractivity contribution in [2.24, 2.45) is 0 Å². The van der Waals surface area contributed by atoms with Gasteiger partial charge in [0.05, 0.1) is 27.4 Å². The average molecular weight is 362 g/mol. The molecule has 0 aliphatic carbocycles. The molecule has 0 N–H and O–H groups in total. The maximum atomic E-state index is 13.1. The van der Waals surface area contributed by atoms with Gasteiger partial charge in [-0.15, -0.1) is 0 Å². The molecule has 25 heavy (non-hydrogen) atoms. The van der Waals surface area contributed by atoms with E-state index in [-0.39, 0.29) is 12.0 Å². The molecule has 1 aliphatic rings. The molecule has 1 fully saturated rings. The summed E-state index contributed by atoms with van der Waals surface area (Å²) in [5, 5.41) is 0.649. The van der Waals surface area contributed by atoms with Gasteiger partial charge in [-0.1, -0.05) is 29.8 Å². The second-order valence-corrected chi connectivity index (χ2v) is 6.14. The zero-order valence-corrected chi connectivity index (χ0v) is 15.0. The van der Waals surface area contributed by atoms with Gasteiger partial charge in [0.15, 0.2) is 0 Å². The number of halogens is 1. The number of morpholine rings is 1. The summed E-state index contributed by atoms with van der Waals surface area (Å²) in [4.78, 5) is 14.8. The lowest BCUT2D eigenvalue weighted by atomic mass is 10.1. The fourth-order valence-corrected chi connectivity index (χ4v) is 3.16. The second kappa shape index (κ2) is 7.76. The number of hydrogen-bond acceptors (Lipinski definition) is 4. The number of nitrogens with zero attached hydrogens (tertiary/aromatic N) is 1. The normalized spacial score (nSPS) is 17.2. The average Bonchev–Trinajstić information content (AvgIpc) is 2.66. The Labute approximate surface area is 152 Å². The summed E-state index contributed by atoms with van der Waals surface area (Å²) in [6.07, 6.45) is -0.211. The van der Waals surface area contributed by atoms with Crippen molar-refractivity contribution in [1.82, 2.24) is 4.90 Å². The molecule has 1 amide bonds. The summed E-state index contributed by atoms with van der Waals surface area (Å²) in [6, 6.07) is 12.8. The SMILES string of the molecule is COc1cccc(OC)c1C(=O)N1CCOC(c2cccc(Cl)c2)C1. The van der Waals surface area contributed by atoms with E-state index in [9.17, 15) is 4.79 Å². The van der Waals surface area contributed by atoms with Crippen molar-refractivity contribution in [1.29, 1.82) is 0 Å². The summed E-state index contributed by atoms with van der Waals surface area (Å²) in [5.41, 5.74) is 1.39. The van der Waals surface area contributed by atoms with Crippen molar-refractivity contribution < 1.29 is 19.0 Å². The van der Waals surface area contributed by atoms with Crippen LogP contribution >= 0.6 is 11.6 Å². The maximum Gasteiger partial charge on any atom is 0.261 e. The van der Waals surface area contributed by atoms with E-state index in [0.717, 1.165) is 5.56 Å². The molecule has 0 aromatic heterocycles.